The van der Waals surface area contributed by atoms with Crippen LogP contribution < -0.4 is 0 Å². The molecule has 2 heteroatoms. The molecule has 0 aromatic carbocycles. The number of aliphatic hydroxyl groups excluding tert-OH is 2. The molecule has 0 amide bonds. The molecule has 2 N–H and O–H groups in total. The van der Waals surface area contributed by atoms with Gasteiger partial charge in [-0.05, 0) is 55.3 Å². The van der Waals surface area contributed by atoms with Crippen molar-refractivity contribution < 1.29 is 10.2 Å². The summed E-state index contributed by atoms with van der Waals surface area (Å²) < 4.78 is 0. The highest BCUT2D eigenvalue weighted by atomic mass is 16.3. The van der Waals surface area contributed by atoms with Crippen LogP contribution in [0.5, 0.6) is 0 Å². The smallest absolute Gasteiger partial charge is 0.0626 e. The first kappa shape index (κ1) is 18.3. The van der Waals surface area contributed by atoms with Gasteiger partial charge < -0.3 is 10.2 Å². The standard InChI is InChI=1S/C20H38O2/c1-5-13(6-2)16-11-9-15-10-12-17(14(7-3)8-4)20(22)18(15)19(16)21/h13-22H,5-12H2,1-4H3/t15?,16-,17+,18?,19?,20?. The Labute approximate surface area is 137 Å². The Morgan fingerprint density at radius 3 is 1.36 bits per heavy atom. The lowest BCUT2D eigenvalue weighted by Gasteiger charge is -2.51. The van der Waals surface area contributed by atoms with Crippen molar-refractivity contribution in [2.24, 2.45) is 35.5 Å². The van der Waals surface area contributed by atoms with Crippen LogP contribution in [0.15, 0.2) is 0 Å². The second kappa shape index (κ2) is 8.15. The van der Waals surface area contributed by atoms with Crippen molar-refractivity contribution in [3.63, 3.8) is 0 Å². The molecule has 4 unspecified atom stereocenters. The first-order chi connectivity index (χ1) is 10.6. The Hall–Kier alpha value is -0.0800. The summed E-state index contributed by atoms with van der Waals surface area (Å²) in [6.45, 7) is 8.99. The van der Waals surface area contributed by atoms with E-state index in [0.717, 1.165) is 38.5 Å². The van der Waals surface area contributed by atoms with Crippen molar-refractivity contribution >= 4 is 0 Å². The van der Waals surface area contributed by atoms with Gasteiger partial charge in [0.2, 0.25) is 0 Å². The molecular formula is C20H38O2. The van der Waals surface area contributed by atoms with Crippen molar-refractivity contribution in [2.75, 3.05) is 0 Å². The molecule has 22 heavy (non-hydrogen) atoms. The van der Waals surface area contributed by atoms with Crippen LogP contribution in [0.3, 0.4) is 0 Å². The fraction of sp³-hybridized carbons (Fsp3) is 1.00. The lowest BCUT2D eigenvalue weighted by atomic mass is 9.57. The quantitative estimate of drug-likeness (QED) is 0.750. The van der Waals surface area contributed by atoms with E-state index in [4.69, 9.17) is 0 Å². The Kier molecular flexibility index (Phi) is 6.76. The molecule has 0 bridgehead atoms. The minimum Gasteiger partial charge on any atom is -0.392 e. The van der Waals surface area contributed by atoms with Gasteiger partial charge in [0.1, 0.15) is 0 Å². The monoisotopic (exact) mass is 310 g/mol. The number of hydrogen-bond donors (Lipinski definition) is 2. The zero-order valence-corrected chi connectivity index (χ0v) is 15.2. The van der Waals surface area contributed by atoms with Crippen molar-refractivity contribution in [3.8, 4) is 0 Å². The maximum atomic E-state index is 11.1. The van der Waals surface area contributed by atoms with E-state index in [9.17, 15) is 10.2 Å². The Balaban J connectivity index is 2.14. The fourth-order valence-electron chi connectivity index (χ4n) is 5.83. The second-order valence-electron chi connectivity index (χ2n) is 7.95. The maximum absolute atomic E-state index is 11.1. The predicted molar refractivity (Wildman–Crippen MR) is 92.6 cm³/mol. The number of aliphatic hydroxyl groups is 2. The summed E-state index contributed by atoms with van der Waals surface area (Å²) in [4.78, 5) is 0. The molecule has 130 valence electrons. The van der Waals surface area contributed by atoms with E-state index in [1.54, 1.807) is 0 Å². The molecule has 6 atom stereocenters. The average Bonchev–Trinajstić information content (AvgIpc) is 2.53. The van der Waals surface area contributed by atoms with Gasteiger partial charge in [-0.3, -0.25) is 0 Å². The highest BCUT2D eigenvalue weighted by Gasteiger charge is 2.49. The summed E-state index contributed by atoms with van der Waals surface area (Å²) in [5.74, 6) is 2.76. The normalized spacial score (nSPS) is 39.3. The third-order valence-corrected chi connectivity index (χ3v) is 7.26. The van der Waals surface area contributed by atoms with E-state index in [-0.39, 0.29) is 18.1 Å². The molecule has 2 aliphatic rings. The van der Waals surface area contributed by atoms with Crippen LogP contribution in [0, 0.1) is 35.5 Å². The third kappa shape index (κ3) is 3.38. The number of hydrogen-bond acceptors (Lipinski definition) is 2. The number of fused-ring (bicyclic) bond motifs is 1. The molecule has 2 fully saturated rings. The Morgan fingerprint density at radius 1 is 0.682 bits per heavy atom. The lowest BCUT2D eigenvalue weighted by molar-refractivity contribution is -0.135. The minimum absolute atomic E-state index is 0.138. The Morgan fingerprint density at radius 2 is 1.05 bits per heavy atom. The molecule has 0 spiro atoms. The summed E-state index contributed by atoms with van der Waals surface area (Å²) in [7, 11) is 0. The van der Waals surface area contributed by atoms with Gasteiger partial charge in [0, 0.05) is 5.92 Å². The number of rotatable bonds is 6. The van der Waals surface area contributed by atoms with Gasteiger partial charge in [0.05, 0.1) is 12.2 Å². The maximum Gasteiger partial charge on any atom is 0.0626 e. The SMILES string of the molecule is CCC(CC)[C@H]1CCC2CC[C@@H](C(CC)CC)C(O)C2C1O. The molecule has 0 heterocycles. The van der Waals surface area contributed by atoms with E-state index in [1.807, 2.05) is 0 Å². The topological polar surface area (TPSA) is 40.5 Å². The van der Waals surface area contributed by atoms with Gasteiger partial charge in [-0.25, -0.2) is 0 Å². The molecular weight excluding hydrogens is 272 g/mol. The molecule has 2 nitrogen and oxygen atoms in total. The van der Waals surface area contributed by atoms with E-state index >= 15 is 0 Å². The lowest BCUT2D eigenvalue weighted by Crippen LogP contribution is -2.53. The van der Waals surface area contributed by atoms with Crippen LogP contribution >= 0.6 is 0 Å². The van der Waals surface area contributed by atoms with Crippen LogP contribution in [-0.2, 0) is 0 Å². The van der Waals surface area contributed by atoms with E-state index in [1.165, 1.54) is 12.8 Å². The average molecular weight is 311 g/mol. The summed E-state index contributed by atoms with van der Waals surface area (Å²) in [5, 5.41) is 22.1. The van der Waals surface area contributed by atoms with E-state index in [2.05, 4.69) is 27.7 Å². The van der Waals surface area contributed by atoms with Crippen LogP contribution in [0.25, 0.3) is 0 Å². The van der Waals surface area contributed by atoms with Gasteiger partial charge >= 0.3 is 0 Å². The second-order valence-corrected chi connectivity index (χ2v) is 7.95. The van der Waals surface area contributed by atoms with Crippen LogP contribution in [0.1, 0.15) is 79.1 Å². The molecule has 0 saturated heterocycles. The zero-order valence-electron chi connectivity index (χ0n) is 15.2. The summed E-state index contributed by atoms with van der Waals surface area (Å²) in [6, 6.07) is 0. The van der Waals surface area contributed by atoms with E-state index in [0.29, 0.717) is 29.6 Å². The van der Waals surface area contributed by atoms with Crippen molar-refractivity contribution in [1.82, 2.24) is 0 Å². The van der Waals surface area contributed by atoms with Crippen molar-refractivity contribution in [1.29, 1.82) is 0 Å². The first-order valence-electron chi connectivity index (χ1n) is 9.94. The van der Waals surface area contributed by atoms with Crippen LogP contribution in [-0.4, -0.2) is 22.4 Å². The van der Waals surface area contributed by atoms with Gasteiger partial charge in [0.25, 0.3) is 0 Å². The first-order valence-corrected chi connectivity index (χ1v) is 9.94. The van der Waals surface area contributed by atoms with Gasteiger partial charge in [-0.1, -0.05) is 53.4 Å². The molecule has 2 saturated carbocycles. The molecule has 0 aromatic rings. The van der Waals surface area contributed by atoms with Gasteiger partial charge in [-0.15, -0.1) is 0 Å². The van der Waals surface area contributed by atoms with Gasteiger partial charge in [-0.2, -0.15) is 0 Å². The molecule has 0 aliphatic heterocycles. The highest BCUT2D eigenvalue weighted by Crippen LogP contribution is 2.49. The van der Waals surface area contributed by atoms with Crippen molar-refractivity contribution in [2.45, 2.75) is 91.3 Å². The van der Waals surface area contributed by atoms with Crippen LogP contribution in [0.2, 0.25) is 0 Å². The van der Waals surface area contributed by atoms with Crippen LogP contribution in [0.4, 0.5) is 0 Å². The summed E-state index contributed by atoms with van der Waals surface area (Å²) >= 11 is 0. The Bertz CT molecular complexity index is 292. The van der Waals surface area contributed by atoms with Crippen molar-refractivity contribution in [3.05, 3.63) is 0 Å². The third-order valence-electron chi connectivity index (χ3n) is 7.26. The molecule has 0 aromatic heterocycles. The van der Waals surface area contributed by atoms with Gasteiger partial charge in [0.15, 0.2) is 0 Å². The largest absolute Gasteiger partial charge is 0.392 e. The summed E-state index contributed by atoms with van der Waals surface area (Å²) in [6.07, 6.45) is 8.82. The van der Waals surface area contributed by atoms with E-state index < -0.39 is 0 Å². The fourth-order valence-corrected chi connectivity index (χ4v) is 5.83. The molecule has 2 rings (SSSR count). The molecule has 0 radical (unpaired) electrons. The minimum atomic E-state index is -0.282. The molecule has 2 aliphatic carbocycles. The highest BCUT2D eigenvalue weighted by molar-refractivity contribution is 4.98. The summed E-state index contributed by atoms with van der Waals surface area (Å²) in [5.41, 5.74) is 0. The predicted octanol–water partition coefficient (Wildman–Crippen LogP) is 4.63. The zero-order chi connectivity index (χ0) is 16.3.